The van der Waals surface area contributed by atoms with Gasteiger partial charge in [0, 0.05) is 13.1 Å². The number of amides is 2. The average molecular weight is 294 g/mol. The minimum Gasteiger partial charge on any atom is -0.329 e. The first kappa shape index (κ1) is 16.3. The highest BCUT2D eigenvalue weighted by Crippen LogP contribution is 2.29. The van der Waals surface area contributed by atoms with Gasteiger partial charge in [-0.05, 0) is 31.6 Å². The van der Waals surface area contributed by atoms with Gasteiger partial charge in [-0.25, -0.2) is 0 Å². The normalized spacial score (nSPS) is 27.2. The summed E-state index contributed by atoms with van der Waals surface area (Å²) in [5.74, 6) is 0.919. The molecule has 3 atom stereocenters. The van der Waals surface area contributed by atoms with E-state index in [1.807, 2.05) is 16.7 Å². The van der Waals surface area contributed by atoms with Crippen molar-refractivity contribution in [2.45, 2.75) is 77.8 Å². The van der Waals surface area contributed by atoms with Crippen LogP contribution in [0, 0.1) is 5.92 Å². The largest absolute Gasteiger partial charge is 0.329 e. The van der Waals surface area contributed by atoms with Gasteiger partial charge in [0.25, 0.3) is 0 Å². The van der Waals surface area contributed by atoms with Crippen LogP contribution < -0.4 is 0 Å². The molecule has 0 saturated carbocycles. The Morgan fingerprint density at radius 3 is 2.57 bits per heavy atom. The predicted molar refractivity (Wildman–Crippen MR) is 83.8 cm³/mol. The highest BCUT2D eigenvalue weighted by molar-refractivity contribution is 5.97. The second-order valence-corrected chi connectivity index (χ2v) is 6.52. The van der Waals surface area contributed by atoms with E-state index in [9.17, 15) is 9.59 Å². The maximum absolute atomic E-state index is 12.8. The summed E-state index contributed by atoms with van der Waals surface area (Å²) in [5.41, 5.74) is 0. The molecule has 0 aromatic rings. The average Bonchev–Trinajstić information content (AvgIpc) is 2.98. The van der Waals surface area contributed by atoms with Gasteiger partial charge in [0.15, 0.2) is 0 Å². The molecule has 2 rings (SSSR count). The number of hydrogen-bond acceptors (Lipinski definition) is 2. The van der Waals surface area contributed by atoms with Gasteiger partial charge in [0.2, 0.25) is 11.8 Å². The molecule has 0 aromatic carbocycles. The molecule has 2 aliphatic heterocycles. The standard InChI is InChI=1S/C17H30N2O2/c1-4-7-9-13(5-2)12-19-14(6-3)16(20)18-11-8-10-15(18)17(19)21/h13-15H,4-12H2,1-3H3. The summed E-state index contributed by atoms with van der Waals surface area (Å²) in [5, 5.41) is 0. The quantitative estimate of drug-likeness (QED) is 0.724. The summed E-state index contributed by atoms with van der Waals surface area (Å²) in [4.78, 5) is 29.1. The molecule has 3 unspecified atom stereocenters. The Balaban J connectivity index is 2.11. The highest BCUT2D eigenvalue weighted by Gasteiger charge is 2.47. The molecule has 0 bridgehead atoms. The Bertz CT molecular complexity index is 383. The fraction of sp³-hybridized carbons (Fsp3) is 0.882. The SMILES string of the molecule is CCCCC(CC)CN1C(=O)C2CCCN2C(=O)C1CC. The predicted octanol–water partition coefficient (Wildman–Crippen LogP) is 2.81. The summed E-state index contributed by atoms with van der Waals surface area (Å²) >= 11 is 0. The summed E-state index contributed by atoms with van der Waals surface area (Å²) < 4.78 is 0. The van der Waals surface area contributed by atoms with E-state index < -0.39 is 0 Å². The lowest BCUT2D eigenvalue weighted by Crippen LogP contribution is -2.63. The third-order valence-electron chi connectivity index (χ3n) is 5.15. The number of hydrogen-bond donors (Lipinski definition) is 0. The molecular weight excluding hydrogens is 264 g/mol. The van der Waals surface area contributed by atoms with E-state index in [2.05, 4.69) is 13.8 Å². The lowest BCUT2D eigenvalue weighted by atomic mass is 9.95. The van der Waals surface area contributed by atoms with Crippen LogP contribution in [0.3, 0.4) is 0 Å². The minimum atomic E-state index is -0.220. The maximum Gasteiger partial charge on any atom is 0.246 e. The van der Waals surface area contributed by atoms with E-state index in [1.165, 1.54) is 12.8 Å². The number of carbonyl (C=O) groups is 2. The molecule has 4 nitrogen and oxygen atoms in total. The van der Waals surface area contributed by atoms with E-state index in [0.29, 0.717) is 5.92 Å². The van der Waals surface area contributed by atoms with Gasteiger partial charge in [0.05, 0.1) is 0 Å². The van der Waals surface area contributed by atoms with Gasteiger partial charge in [-0.1, -0.05) is 40.0 Å². The molecule has 21 heavy (non-hydrogen) atoms. The molecule has 2 amide bonds. The molecule has 2 aliphatic rings. The fourth-order valence-corrected chi connectivity index (χ4v) is 3.76. The molecule has 2 heterocycles. The van der Waals surface area contributed by atoms with Crippen LogP contribution in [0.15, 0.2) is 0 Å². The van der Waals surface area contributed by atoms with Gasteiger partial charge in [-0.15, -0.1) is 0 Å². The van der Waals surface area contributed by atoms with Crippen LogP contribution in [0.25, 0.3) is 0 Å². The summed E-state index contributed by atoms with van der Waals surface area (Å²) in [7, 11) is 0. The first-order valence-electron chi connectivity index (χ1n) is 8.74. The van der Waals surface area contributed by atoms with Crippen molar-refractivity contribution in [3.63, 3.8) is 0 Å². The number of piperazine rings is 1. The molecular formula is C17H30N2O2. The fourth-order valence-electron chi connectivity index (χ4n) is 3.76. The van der Waals surface area contributed by atoms with Crippen LogP contribution in [0.4, 0.5) is 0 Å². The van der Waals surface area contributed by atoms with Crippen LogP contribution in [-0.4, -0.2) is 46.8 Å². The molecule has 2 fully saturated rings. The smallest absolute Gasteiger partial charge is 0.246 e. The molecule has 0 radical (unpaired) electrons. The third kappa shape index (κ3) is 3.24. The Kier molecular flexibility index (Phi) is 5.65. The van der Waals surface area contributed by atoms with Gasteiger partial charge in [-0.3, -0.25) is 9.59 Å². The summed E-state index contributed by atoms with van der Waals surface area (Å²) in [6, 6.07) is -0.383. The monoisotopic (exact) mass is 294 g/mol. The Morgan fingerprint density at radius 1 is 1.19 bits per heavy atom. The van der Waals surface area contributed by atoms with Gasteiger partial charge >= 0.3 is 0 Å². The Hall–Kier alpha value is -1.06. The van der Waals surface area contributed by atoms with Crippen LogP contribution in [0.5, 0.6) is 0 Å². The summed E-state index contributed by atoms with van der Waals surface area (Å²) in [6.45, 7) is 7.95. The second kappa shape index (κ2) is 7.28. The van der Waals surface area contributed by atoms with Gasteiger partial charge < -0.3 is 9.80 Å². The summed E-state index contributed by atoms with van der Waals surface area (Å²) in [6.07, 6.45) is 7.21. The Labute approximate surface area is 128 Å². The van der Waals surface area contributed by atoms with Crippen LogP contribution in [0.1, 0.15) is 65.7 Å². The topological polar surface area (TPSA) is 40.6 Å². The minimum absolute atomic E-state index is 0.163. The third-order valence-corrected chi connectivity index (χ3v) is 5.15. The zero-order chi connectivity index (χ0) is 15.4. The lowest BCUT2D eigenvalue weighted by molar-refractivity contribution is -0.160. The van der Waals surface area contributed by atoms with Crippen LogP contribution in [-0.2, 0) is 9.59 Å². The van der Waals surface area contributed by atoms with Crippen molar-refractivity contribution >= 4 is 11.8 Å². The second-order valence-electron chi connectivity index (χ2n) is 6.52. The number of fused-ring (bicyclic) bond motifs is 1. The first-order chi connectivity index (χ1) is 10.1. The molecule has 0 spiro atoms. The van der Waals surface area contributed by atoms with Crippen molar-refractivity contribution < 1.29 is 9.59 Å². The first-order valence-corrected chi connectivity index (χ1v) is 8.74. The maximum atomic E-state index is 12.8. The van der Waals surface area contributed by atoms with Crippen molar-refractivity contribution in [2.75, 3.05) is 13.1 Å². The molecule has 120 valence electrons. The van der Waals surface area contributed by atoms with Crippen molar-refractivity contribution in [3.05, 3.63) is 0 Å². The van der Waals surface area contributed by atoms with Crippen LogP contribution >= 0.6 is 0 Å². The molecule has 2 saturated heterocycles. The molecule has 0 aliphatic carbocycles. The van der Waals surface area contributed by atoms with Gasteiger partial charge in [0.1, 0.15) is 12.1 Å². The number of rotatable bonds is 7. The molecule has 4 heteroatoms. The van der Waals surface area contributed by atoms with Crippen molar-refractivity contribution in [2.24, 2.45) is 5.92 Å². The van der Waals surface area contributed by atoms with E-state index in [1.54, 1.807) is 0 Å². The van der Waals surface area contributed by atoms with E-state index >= 15 is 0 Å². The van der Waals surface area contributed by atoms with Crippen molar-refractivity contribution in [1.82, 2.24) is 9.80 Å². The zero-order valence-electron chi connectivity index (χ0n) is 13.8. The van der Waals surface area contributed by atoms with Gasteiger partial charge in [-0.2, -0.15) is 0 Å². The molecule has 0 N–H and O–H groups in total. The van der Waals surface area contributed by atoms with E-state index in [-0.39, 0.29) is 23.9 Å². The van der Waals surface area contributed by atoms with E-state index in [0.717, 1.165) is 45.2 Å². The zero-order valence-corrected chi connectivity index (χ0v) is 13.8. The molecule has 0 aromatic heterocycles. The Morgan fingerprint density at radius 2 is 1.95 bits per heavy atom. The highest BCUT2D eigenvalue weighted by atomic mass is 16.2. The number of nitrogens with zero attached hydrogens (tertiary/aromatic N) is 2. The van der Waals surface area contributed by atoms with Crippen molar-refractivity contribution in [1.29, 1.82) is 0 Å². The van der Waals surface area contributed by atoms with E-state index in [4.69, 9.17) is 0 Å². The number of unbranched alkanes of at least 4 members (excludes halogenated alkanes) is 1. The lowest BCUT2D eigenvalue weighted by Gasteiger charge is -2.43. The number of carbonyl (C=O) groups excluding carboxylic acids is 2. The van der Waals surface area contributed by atoms with Crippen molar-refractivity contribution in [3.8, 4) is 0 Å². The van der Waals surface area contributed by atoms with Crippen LogP contribution in [0.2, 0.25) is 0 Å².